The lowest BCUT2D eigenvalue weighted by atomic mass is 9.99. The van der Waals surface area contributed by atoms with Gasteiger partial charge in [-0.3, -0.25) is 9.48 Å². The zero-order valence-electron chi connectivity index (χ0n) is 17.4. The molecule has 160 valence electrons. The van der Waals surface area contributed by atoms with Gasteiger partial charge in [-0.25, -0.2) is 9.50 Å². The van der Waals surface area contributed by atoms with Crippen molar-refractivity contribution in [2.45, 2.75) is 19.4 Å². The number of hydrogen-bond donors (Lipinski definition) is 1. The third-order valence-electron chi connectivity index (χ3n) is 5.74. The molecule has 0 unspecified atom stereocenters. The van der Waals surface area contributed by atoms with Gasteiger partial charge in [0.25, 0.3) is 5.89 Å². The van der Waals surface area contributed by atoms with Crippen LogP contribution in [0.5, 0.6) is 0 Å². The number of aromatic amines is 1. The van der Waals surface area contributed by atoms with E-state index in [0.717, 1.165) is 28.2 Å². The number of H-pyrrole nitrogens is 1. The molecule has 6 heterocycles. The van der Waals surface area contributed by atoms with Gasteiger partial charge < -0.3 is 14.3 Å². The average Bonchev–Trinajstić information content (AvgIpc) is 3.57. The highest BCUT2D eigenvalue weighted by Gasteiger charge is 2.38. The van der Waals surface area contributed by atoms with Crippen LogP contribution in [0.25, 0.3) is 17.1 Å². The summed E-state index contributed by atoms with van der Waals surface area (Å²) in [6.07, 6.45) is 5.96. The summed E-state index contributed by atoms with van der Waals surface area (Å²) in [4.78, 5) is 22.9. The second kappa shape index (κ2) is 6.87. The summed E-state index contributed by atoms with van der Waals surface area (Å²) >= 11 is 0. The summed E-state index contributed by atoms with van der Waals surface area (Å²) in [5.74, 6) is -0.256. The van der Waals surface area contributed by atoms with E-state index >= 15 is 0 Å². The van der Waals surface area contributed by atoms with Gasteiger partial charge in [-0.1, -0.05) is 6.07 Å². The SMILES string of the molecule is Cc1cccn2nc([C@@H]3c4nc[nH]c4CCN3C(=O)c3nnc(-c4ccn(C)n4)o3)cc12. The second-order valence-corrected chi connectivity index (χ2v) is 7.79. The molecule has 1 aliphatic heterocycles. The Labute approximate surface area is 181 Å². The first-order valence-corrected chi connectivity index (χ1v) is 10.2. The van der Waals surface area contributed by atoms with Crippen molar-refractivity contribution in [2.75, 3.05) is 6.54 Å². The zero-order valence-corrected chi connectivity index (χ0v) is 17.4. The number of hydrogen-bond acceptors (Lipinski definition) is 7. The molecule has 0 aromatic carbocycles. The van der Waals surface area contributed by atoms with Gasteiger partial charge in [-0.15, -0.1) is 10.2 Å². The van der Waals surface area contributed by atoms with Crippen LogP contribution in [-0.4, -0.2) is 56.9 Å². The molecule has 1 amide bonds. The highest BCUT2D eigenvalue weighted by atomic mass is 16.4. The quantitative estimate of drug-likeness (QED) is 0.465. The Kier molecular flexibility index (Phi) is 3.97. The van der Waals surface area contributed by atoms with Crippen LogP contribution in [0.1, 0.15) is 39.4 Å². The number of amides is 1. The van der Waals surface area contributed by atoms with Crippen molar-refractivity contribution in [2.24, 2.45) is 7.05 Å². The fraction of sp³-hybridized carbons (Fsp3) is 0.238. The number of carbonyl (C=O) groups is 1. The van der Waals surface area contributed by atoms with Crippen molar-refractivity contribution in [1.82, 2.24) is 44.5 Å². The Hall–Kier alpha value is -4.28. The lowest BCUT2D eigenvalue weighted by Gasteiger charge is -2.32. The van der Waals surface area contributed by atoms with E-state index < -0.39 is 6.04 Å². The number of aryl methyl sites for hydroxylation is 2. The molecule has 6 rings (SSSR count). The van der Waals surface area contributed by atoms with Crippen LogP contribution in [0.2, 0.25) is 0 Å². The Morgan fingerprint density at radius 1 is 1.22 bits per heavy atom. The molecule has 11 nitrogen and oxygen atoms in total. The molecule has 0 fully saturated rings. The predicted molar refractivity (Wildman–Crippen MR) is 112 cm³/mol. The maximum Gasteiger partial charge on any atom is 0.312 e. The van der Waals surface area contributed by atoms with E-state index in [0.29, 0.717) is 18.7 Å². The van der Waals surface area contributed by atoms with Crippen molar-refractivity contribution in [3.8, 4) is 11.6 Å². The lowest BCUT2D eigenvalue weighted by Crippen LogP contribution is -2.41. The third kappa shape index (κ3) is 2.82. The van der Waals surface area contributed by atoms with Crippen molar-refractivity contribution in [1.29, 1.82) is 0 Å². The van der Waals surface area contributed by atoms with E-state index in [1.807, 2.05) is 35.8 Å². The topological polar surface area (TPSA) is 123 Å². The number of aromatic nitrogens is 8. The minimum absolute atomic E-state index is 0.0883. The molecule has 0 bridgehead atoms. The van der Waals surface area contributed by atoms with Crippen molar-refractivity contribution in [3.63, 3.8) is 0 Å². The number of carbonyl (C=O) groups excluding carboxylic acids is 1. The third-order valence-corrected chi connectivity index (χ3v) is 5.74. The minimum atomic E-state index is -0.470. The van der Waals surface area contributed by atoms with E-state index in [2.05, 4.69) is 25.3 Å². The molecule has 0 radical (unpaired) electrons. The van der Waals surface area contributed by atoms with Gasteiger partial charge in [0.15, 0.2) is 0 Å². The Bertz CT molecular complexity index is 1460. The molecule has 1 atom stereocenters. The summed E-state index contributed by atoms with van der Waals surface area (Å²) in [6.45, 7) is 2.50. The number of rotatable bonds is 3. The molecule has 1 aliphatic rings. The van der Waals surface area contributed by atoms with Gasteiger partial charge in [0, 0.05) is 38.1 Å². The summed E-state index contributed by atoms with van der Waals surface area (Å²) in [6, 6.07) is 7.25. The molecule has 0 aliphatic carbocycles. The van der Waals surface area contributed by atoms with Crippen LogP contribution < -0.4 is 0 Å². The van der Waals surface area contributed by atoms with Crippen LogP contribution in [0.3, 0.4) is 0 Å². The monoisotopic (exact) mass is 429 g/mol. The fourth-order valence-corrected chi connectivity index (χ4v) is 4.17. The van der Waals surface area contributed by atoms with Crippen LogP contribution in [-0.2, 0) is 13.5 Å². The zero-order chi connectivity index (χ0) is 21.8. The highest BCUT2D eigenvalue weighted by molar-refractivity contribution is 5.90. The molecule has 0 saturated heterocycles. The van der Waals surface area contributed by atoms with E-state index in [9.17, 15) is 4.79 Å². The maximum atomic E-state index is 13.5. The van der Waals surface area contributed by atoms with Crippen LogP contribution in [0.4, 0.5) is 0 Å². The van der Waals surface area contributed by atoms with Crippen molar-refractivity contribution in [3.05, 3.63) is 71.5 Å². The normalized spacial score (nSPS) is 15.9. The van der Waals surface area contributed by atoms with E-state index in [1.54, 1.807) is 35.2 Å². The van der Waals surface area contributed by atoms with E-state index in [4.69, 9.17) is 9.52 Å². The Morgan fingerprint density at radius 3 is 2.94 bits per heavy atom. The van der Waals surface area contributed by atoms with Gasteiger partial charge in [-0.2, -0.15) is 10.2 Å². The van der Waals surface area contributed by atoms with Crippen molar-refractivity contribution >= 4 is 11.4 Å². The van der Waals surface area contributed by atoms with Gasteiger partial charge in [0.1, 0.15) is 11.7 Å². The van der Waals surface area contributed by atoms with E-state index in [-0.39, 0.29) is 17.7 Å². The second-order valence-electron chi connectivity index (χ2n) is 7.79. The molecule has 0 spiro atoms. The predicted octanol–water partition coefficient (Wildman–Crippen LogP) is 1.94. The number of nitrogens with one attached hydrogen (secondary N) is 1. The number of nitrogens with zero attached hydrogens (tertiary/aromatic N) is 8. The molecule has 0 saturated carbocycles. The Morgan fingerprint density at radius 2 is 2.12 bits per heavy atom. The summed E-state index contributed by atoms with van der Waals surface area (Å²) in [5.41, 5.74) is 5.08. The molecular formula is C21H19N9O2. The largest absolute Gasteiger partial charge is 0.411 e. The first kappa shape index (κ1) is 18.5. The van der Waals surface area contributed by atoms with Crippen LogP contribution in [0, 0.1) is 6.92 Å². The molecule has 5 aromatic heterocycles. The standard InChI is InChI=1S/C21H19N9O2/c1-12-4-3-7-30-16(12)10-15(27-30)18-17-13(22-11-23-17)6-9-29(18)21(31)20-25-24-19(32-20)14-5-8-28(2)26-14/h3-5,7-8,10-11,18H,6,9H2,1-2H3,(H,22,23)/t18-/m1/s1. The van der Waals surface area contributed by atoms with E-state index in [1.165, 1.54) is 0 Å². The van der Waals surface area contributed by atoms with Crippen LogP contribution >= 0.6 is 0 Å². The van der Waals surface area contributed by atoms with Gasteiger partial charge in [0.2, 0.25) is 0 Å². The highest BCUT2D eigenvalue weighted by Crippen LogP contribution is 2.34. The molecular weight excluding hydrogens is 410 g/mol. The number of fused-ring (bicyclic) bond motifs is 2. The average molecular weight is 429 g/mol. The molecule has 32 heavy (non-hydrogen) atoms. The van der Waals surface area contributed by atoms with Crippen LogP contribution in [0.15, 0.2) is 47.4 Å². The smallest absolute Gasteiger partial charge is 0.312 e. The fourth-order valence-electron chi connectivity index (χ4n) is 4.17. The minimum Gasteiger partial charge on any atom is -0.411 e. The lowest BCUT2D eigenvalue weighted by molar-refractivity contribution is 0.0646. The number of imidazole rings is 1. The first-order valence-electron chi connectivity index (χ1n) is 10.2. The Balaban J connectivity index is 1.41. The molecule has 5 aromatic rings. The molecule has 1 N–H and O–H groups in total. The van der Waals surface area contributed by atoms with Gasteiger partial charge in [-0.05, 0) is 30.7 Å². The summed E-state index contributed by atoms with van der Waals surface area (Å²) in [7, 11) is 1.79. The van der Waals surface area contributed by atoms with Crippen molar-refractivity contribution < 1.29 is 9.21 Å². The first-order chi connectivity index (χ1) is 15.6. The summed E-state index contributed by atoms with van der Waals surface area (Å²) < 4.78 is 9.14. The molecule has 11 heteroatoms. The summed E-state index contributed by atoms with van der Waals surface area (Å²) in [5, 5.41) is 17.0. The van der Waals surface area contributed by atoms with Gasteiger partial charge >= 0.3 is 11.8 Å². The maximum absolute atomic E-state index is 13.5. The number of pyridine rings is 1. The van der Waals surface area contributed by atoms with Gasteiger partial charge in [0.05, 0.1) is 23.2 Å².